The molecule has 0 radical (unpaired) electrons. The van der Waals surface area contributed by atoms with E-state index >= 15 is 0 Å². The standard InChI is InChI=1S/C27H18ClF5N4O3/c1-37-22-13(4-5-26(39)6-7-26)10-19(35-25(38)14-8-15(27(31,32)33)11-17(30)9-14)23(21(22)24(34)36-37)40-20-12-16(29)2-3-18(20)28/h2-3,8-12,39H,6-7H2,1H3,(H2,34,36)(H,35,38). The fourth-order valence-corrected chi connectivity index (χ4v) is 4.11. The van der Waals surface area contributed by atoms with Crippen molar-refractivity contribution in [3.63, 3.8) is 0 Å². The first-order chi connectivity index (χ1) is 18.7. The monoisotopic (exact) mass is 576 g/mol. The Hall–Kier alpha value is -4.34. The first kappa shape index (κ1) is 27.2. The molecule has 1 saturated carbocycles. The summed E-state index contributed by atoms with van der Waals surface area (Å²) in [6, 6.07) is 6.01. The van der Waals surface area contributed by atoms with Gasteiger partial charge in [-0.15, -0.1) is 0 Å². The Bertz CT molecular complexity index is 1750. The van der Waals surface area contributed by atoms with Gasteiger partial charge in [-0.25, -0.2) is 8.78 Å². The number of rotatable bonds is 4. The van der Waals surface area contributed by atoms with E-state index in [9.17, 15) is 31.9 Å². The normalized spacial score (nSPS) is 14.0. The van der Waals surface area contributed by atoms with Crippen molar-refractivity contribution in [2.24, 2.45) is 7.05 Å². The minimum atomic E-state index is -4.91. The van der Waals surface area contributed by atoms with Gasteiger partial charge >= 0.3 is 6.18 Å². The summed E-state index contributed by atoms with van der Waals surface area (Å²) >= 11 is 6.18. The van der Waals surface area contributed by atoms with Crippen LogP contribution in [0.15, 0.2) is 42.5 Å². The number of halogens is 6. The molecule has 0 spiro atoms. The van der Waals surface area contributed by atoms with E-state index in [0.717, 1.165) is 12.1 Å². The molecule has 0 bridgehead atoms. The highest BCUT2D eigenvalue weighted by atomic mass is 35.5. The van der Waals surface area contributed by atoms with E-state index < -0.39 is 40.4 Å². The minimum Gasteiger partial charge on any atom is -0.453 e. The molecule has 40 heavy (non-hydrogen) atoms. The smallest absolute Gasteiger partial charge is 0.416 e. The summed E-state index contributed by atoms with van der Waals surface area (Å²) in [5.74, 6) is 2.03. The van der Waals surface area contributed by atoms with Crippen molar-refractivity contribution in [3.8, 4) is 23.3 Å². The number of ether oxygens (including phenoxy) is 1. The van der Waals surface area contributed by atoms with E-state index in [2.05, 4.69) is 22.3 Å². The Kier molecular flexibility index (Phi) is 6.60. The fourth-order valence-electron chi connectivity index (χ4n) is 3.96. The van der Waals surface area contributed by atoms with Crippen molar-refractivity contribution in [1.82, 2.24) is 9.78 Å². The lowest BCUT2D eigenvalue weighted by atomic mass is 10.1. The van der Waals surface area contributed by atoms with Crippen molar-refractivity contribution in [2.75, 3.05) is 11.1 Å². The number of fused-ring (bicyclic) bond motifs is 1. The van der Waals surface area contributed by atoms with Crippen molar-refractivity contribution in [1.29, 1.82) is 0 Å². The van der Waals surface area contributed by atoms with Crippen LogP contribution in [-0.4, -0.2) is 26.4 Å². The summed E-state index contributed by atoms with van der Waals surface area (Å²) in [6.45, 7) is 0. The second-order valence-electron chi connectivity index (χ2n) is 9.17. The molecule has 0 unspecified atom stereocenters. The van der Waals surface area contributed by atoms with Gasteiger partial charge < -0.3 is 20.9 Å². The summed E-state index contributed by atoms with van der Waals surface area (Å²) in [5, 5.41) is 16.9. The predicted octanol–water partition coefficient (Wildman–Crippen LogP) is 6.03. The van der Waals surface area contributed by atoms with Gasteiger partial charge in [-0.3, -0.25) is 9.48 Å². The number of hydrogen-bond donors (Lipinski definition) is 3. The van der Waals surface area contributed by atoms with Crippen LogP contribution < -0.4 is 15.8 Å². The summed E-state index contributed by atoms with van der Waals surface area (Å²) in [6.07, 6.45) is -3.99. The quantitative estimate of drug-likeness (QED) is 0.203. The number of aromatic nitrogens is 2. The highest BCUT2D eigenvalue weighted by Crippen LogP contribution is 2.44. The molecular weight excluding hydrogens is 559 g/mol. The summed E-state index contributed by atoms with van der Waals surface area (Å²) < 4.78 is 75.1. The highest BCUT2D eigenvalue weighted by Gasteiger charge is 2.38. The molecule has 206 valence electrons. The third-order valence-electron chi connectivity index (χ3n) is 6.08. The van der Waals surface area contributed by atoms with Crippen molar-refractivity contribution in [2.45, 2.75) is 24.6 Å². The number of nitrogen functional groups attached to an aromatic ring is 1. The van der Waals surface area contributed by atoms with Gasteiger partial charge in [0.05, 0.1) is 32.7 Å². The van der Waals surface area contributed by atoms with Crippen LogP contribution in [0.25, 0.3) is 10.9 Å². The lowest BCUT2D eigenvalue weighted by molar-refractivity contribution is -0.137. The molecule has 0 saturated heterocycles. The molecule has 0 aliphatic heterocycles. The maximum absolute atomic E-state index is 14.0. The fraction of sp³-hybridized carbons (Fsp3) is 0.185. The second-order valence-corrected chi connectivity index (χ2v) is 9.58. The van der Waals surface area contributed by atoms with Crippen LogP contribution in [0.1, 0.15) is 34.3 Å². The van der Waals surface area contributed by atoms with Crippen LogP contribution in [0.3, 0.4) is 0 Å². The molecule has 7 nitrogen and oxygen atoms in total. The summed E-state index contributed by atoms with van der Waals surface area (Å²) in [7, 11) is 1.55. The van der Waals surface area contributed by atoms with Gasteiger partial charge in [0.1, 0.15) is 23.0 Å². The maximum Gasteiger partial charge on any atom is 0.416 e. The molecule has 13 heteroatoms. The molecule has 1 aromatic heterocycles. The van der Waals surface area contributed by atoms with E-state index in [4.69, 9.17) is 22.1 Å². The highest BCUT2D eigenvalue weighted by molar-refractivity contribution is 6.32. The van der Waals surface area contributed by atoms with Crippen LogP contribution in [0.5, 0.6) is 11.5 Å². The van der Waals surface area contributed by atoms with Gasteiger partial charge in [-0.1, -0.05) is 23.4 Å². The zero-order valence-corrected chi connectivity index (χ0v) is 21.2. The van der Waals surface area contributed by atoms with Crippen molar-refractivity contribution < 1.29 is 36.6 Å². The molecule has 1 amide bonds. The number of carbonyl (C=O) groups is 1. The number of hydrogen-bond acceptors (Lipinski definition) is 5. The largest absolute Gasteiger partial charge is 0.453 e. The molecule has 1 fully saturated rings. The van der Waals surface area contributed by atoms with Gasteiger partial charge in [-0.05, 0) is 49.2 Å². The number of nitrogens with zero attached hydrogens (tertiary/aromatic N) is 2. The van der Waals surface area contributed by atoms with Gasteiger partial charge in [0.2, 0.25) is 0 Å². The number of aryl methyl sites for hydroxylation is 1. The Morgan fingerprint density at radius 2 is 1.90 bits per heavy atom. The first-order valence-corrected chi connectivity index (χ1v) is 12.0. The van der Waals surface area contributed by atoms with Crippen LogP contribution in [0.4, 0.5) is 33.5 Å². The molecular formula is C27H18ClF5N4O3. The topological polar surface area (TPSA) is 102 Å². The number of alkyl halides is 3. The number of aliphatic hydroxyl groups is 1. The van der Waals surface area contributed by atoms with E-state index in [1.54, 1.807) is 7.05 Å². The van der Waals surface area contributed by atoms with E-state index in [-0.39, 0.29) is 45.0 Å². The molecule has 3 aromatic carbocycles. The number of amides is 1. The lowest BCUT2D eigenvalue weighted by Crippen LogP contribution is -2.15. The number of anilines is 2. The van der Waals surface area contributed by atoms with Gasteiger partial charge in [0.15, 0.2) is 11.6 Å². The molecule has 1 aliphatic rings. The number of benzene rings is 3. The third kappa shape index (κ3) is 5.38. The first-order valence-electron chi connectivity index (χ1n) is 11.6. The van der Waals surface area contributed by atoms with E-state index in [1.165, 1.54) is 16.8 Å². The Morgan fingerprint density at radius 1 is 1.18 bits per heavy atom. The van der Waals surface area contributed by atoms with Gasteiger partial charge in [-0.2, -0.15) is 18.3 Å². The molecule has 1 aliphatic carbocycles. The Morgan fingerprint density at radius 3 is 2.58 bits per heavy atom. The van der Waals surface area contributed by atoms with E-state index in [1.807, 2.05) is 0 Å². The zero-order chi connectivity index (χ0) is 29.0. The Balaban J connectivity index is 1.69. The number of nitrogens with one attached hydrogen (secondary N) is 1. The number of nitrogens with two attached hydrogens (primary N) is 1. The SMILES string of the molecule is Cn1nc(N)c2c(Oc3cc(F)ccc3Cl)c(NC(=O)c3cc(F)cc(C(F)(F)F)c3)cc(C#CC3(O)CC3)c21. The van der Waals surface area contributed by atoms with Gasteiger partial charge in [0, 0.05) is 18.7 Å². The predicted molar refractivity (Wildman–Crippen MR) is 137 cm³/mol. The van der Waals surface area contributed by atoms with Crippen LogP contribution >= 0.6 is 11.6 Å². The average molecular weight is 577 g/mol. The van der Waals surface area contributed by atoms with Crippen molar-refractivity contribution >= 4 is 39.9 Å². The molecule has 0 atom stereocenters. The minimum absolute atomic E-state index is 0.00550. The van der Waals surface area contributed by atoms with Gasteiger partial charge in [0.25, 0.3) is 5.91 Å². The third-order valence-corrected chi connectivity index (χ3v) is 6.40. The lowest BCUT2D eigenvalue weighted by Gasteiger charge is -2.16. The zero-order valence-electron chi connectivity index (χ0n) is 20.5. The van der Waals surface area contributed by atoms with Crippen LogP contribution in [-0.2, 0) is 13.2 Å². The second kappa shape index (κ2) is 9.69. The molecule has 1 heterocycles. The van der Waals surface area contributed by atoms with Crippen LogP contribution in [0.2, 0.25) is 5.02 Å². The molecule has 4 aromatic rings. The number of carbonyl (C=O) groups excluding carboxylic acids is 1. The Labute approximate surface area is 228 Å². The van der Waals surface area contributed by atoms with Crippen molar-refractivity contribution in [3.05, 3.63) is 75.8 Å². The summed E-state index contributed by atoms with van der Waals surface area (Å²) in [4.78, 5) is 13.1. The molecule has 4 N–H and O–H groups in total. The van der Waals surface area contributed by atoms with Crippen LogP contribution in [0, 0.1) is 23.5 Å². The van der Waals surface area contributed by atoms with E-state index in [0.29, 0.717) is 30.5 Å². The summed E-state index contributed by atoms with van der Waals surface area (Å²) in [5.41, 5.74) is 3.36. The average Bonchev–Trinajstić information content (AvgIpc) is 3.53. The molecule has 5 rings (SSSR count). The maximum atomic E-state index is 14.0.